The van der Waals surface area contributed by atoms with Gasteiger partial charge in [-0.25, -0.2) is 4.21 Å². The van der Waals surface area contributed by atoms with Gasteiger partial charge in [0.1, 0.15) is 0 Å². The van der Waals surface area contributed by atoms with E-state index < -0.39 is 11.0 Å². The molecule has 1 atom stereocenters. The van der Waals surface area contributed by atoms with Crippen LogP contribution in [0.25, 0.3) is 0 Å². The fourth-order valence-electron chi connectivity index (χ4n) is 1.16. The van der Waals surface area contributed by atoms with Crippen molar-refractivity contribution >= 4 is 11.0 Å². The maximum absolute atomic E-state index is 10.5. The Kier molecular flexibility index (Phi) is 2.07. The first-order valence-electron chi connectivity index (χ1n) is 3.23. The first kappa shape index (κ1) is 7.70. The number of nitriles is 1. The minimum Gasteiger partial charge on any atom is -0.252 e. The first-order valence-corrected chi connectivity index (χ1v) is 4.61. The summed E-state index contributed by atoms with van der Waals surface area (Å²) in [5, 5.41) is 13.7. The smallest absolute Gasteiger partial charge is 0.0904 e. The predicted octanol–water partition coefficient (Wildman–Crippen LogP) is 0.303. The van der Waals surface area contributed by atoms with Crippen molar-refractivity contribution in [1.29, 1.82) is 5.26 Å². The van der Waals surface area contributed by atoms with Crippen LogP contribution in [0.15, 0.2) is 0 Å². The molecule has 0 heterocycles. The summed E-state index contributed by atoms with van der Waals surface area (Å²) in [5.41, 5.74) is -0.334. The molecule has 0 radical (unpaired) electrons. The molecule has 0 aromatic heterocycles. The fraction of sp³-hybridized carbons (Fsp3) is 0.833. The Bertz CT molecular complexity index is 192. The maximum Gasteiger partial charge on any atom is 0.0904 e. The monoisotopic (exact) mass is 158 g/mol. The van der Waals surface area contributed by atoms with Crippen molar-refractivity contribution < 1.29 is 4.21 Å². The summed E-state index contributed by atoms with van der Waals surface area (Å²) in [4.78, 5) is 0. The molecule has 0 saturated heterocycles. The molecule has 0 aromatic rings. The second kappa shape index (κ2) is 2.69. The minimum absolute atomic E-state index is 0.334. The van der Waals surface area contributed by atoms with Crippen LogP contribution in [-0.2, 0) is 11.0 Å². The van der Waals surface area contributed by atoms with E-state index in [0.29, 0.717) is 5.75 Å². The van der Waals surface area contributed by atoms with Gasteiger partial charge in [0.2, 0.25) is 0 Å². The summed E-state index contributed by atoms with van der Waals surface area (Å²) in [7, 11) is -1.31. The van der Waals surface area contributed by atoms with Gasteiger partial charge in [-0.15, -0.1) is 0 Å². The van der Waals surface area contributed by atoms with Gasteiger partial charge < -0.3 is 0 Å². The van der Waals surface area contributed by atoms with Crippen molar-refractivity contribution in [2.24, 2.45) is 10.6 Å². The standard InChI is InChI=1S/C6H10N2OS/c7-4-6(2-1-3-6)5-10(8)9/h1-3,5,8H2. The summed E-state index contributed by atoms with van der Waals surface area (Å²) >= 11 is 0. The van der Waals surface area contributed by atoms with Gasteiger partial charge in [-0.2, -0.15) is 5.26 Å². The normalized spacial score (nSPS) is 24.4. The Morgan fingerprint density at radius 3 is 2.40 bits per heavy atom. The minimum atomic E-state index is -1.31. The Balaban J connectivity index is 2.51. The topological polar surface area (TPSA) is 66.9 Å². The van der Waals surface area contributed by atoms with Crippen molar-refractivity contribution in [2.75, 3.05) is 5.75 Å². The Hall–Kier alpha value is -0.400. The van der Waals surface area contributed by atoms with E-state index in [9.17, 15) is 4.21 Å². The van der Waals surface area contributed by atoms with E-state index in [-0.39, 0.29) is 5.41 Å². The Morgan fingerprint density at radius 1 is 1.70 bits per heavy atom. The van der Waals surface area contributed by atoms with Crippen molar-refractivity contribution in [3.8, 4) is 6.07 Å². The van der Waals surface area contributed by atoms with Crippen molar-refractivity contribution in [3.63, 3.8) is 0 Å². The van der Waals surface area contributed by atoms with Crippen LogP contribution in [0.3, 0.4) is 0 Å². The molecule has 10 heavy (non-hydrogen) atoms. The summed E-state index contributed by atoms with van der Waals surface area (Å²) < 4.78 is 10.5. The van der Waals surface area contributed by atoms with Gasteiger partial charge in [-0.05, 0) is 12.8 Å². The second-order valence-electron chi connectivity index (χ2n) is 2.77. The molecule has 1 rings (SSSR count). The molecule has 1 aliphatic carbocycles. The SMILES string of the molecule is N#CC1(CS(N)=O)CCC1. The van der Waals surface area contributed by atoms with Gasteiger partial charge in [0.15, 0.2) is 0 Å². The number of nitrogens with zero attached hydrogens (tertiary/aromatic N) is 1. The molecule has 0 bridgehead atoms. The highest BCUT2D eigenvalue weighted by Crippen LogP contribution is 2.40. The first-order chi connectivity index (χ1) is 4.68. The molecular weight excluding hydrogens is 148 g/mol. The average Bonchev–Trinajstić information content (AvgIpc) is 1.78. The Morgan fingerprint density at radius 2 is 2.30 bits per heavy atom. The molecule has 1 fully saturated rings. The Labute approximate surface area is 62.8 Å². The van der Waals surface area contributed by atoms with Crippen LogP contribution >= 0.6 is 0 Å². The van der Waals surface area contributed by atoms with E-state index in [1.54, 1.807) is 0 Å². The highest BCUT2D eigenvalue weighted by atomic mass is 32.2. The lowest BCUT2D eigenvalue weighted by Crippen LogP contribution is -2.35. The van der Waals surface area contributed by atoms with Crippen LogP contribution in [0, 0.1) is 16.7 Å². The van der Waals surface area contributed by atoms with Gasteiger partial charge in [0, 0.05) is 0 Å². The lowest BCUT2D eigenvalue weighted by Gasteiger charge is -2.33. The van der Waals surface area contributed by atoms with Crippen molar-refractivity contribution in [1.82, 2.24) is 0 Å². The molecule has 1 unspecified atom stereocenters. The third-order valence-corrected chi connectivity index (χ3v) is 2.80. The number of rotatable bonds is 2. The molecule has 0 aliphatic heterocycles. The summed E-state index contributed by atoms with van der Waals surface area (Å²) in [6.07, 6.45) is 2.81. The maximum atomic E-state index is 10.5. The fourth-order valence-corrected chi connectivity index (χ4v) is 2.06. The lowest BCUT2D eigenvalue weighted by atomic mass is 9.72. The molecule has 0 amide bonds. The van der Waals surface area contributed by atoms with Crippen LogP contribution in [-0.4, -0.2) is 9.96 Å². The zero-order valence-corrected chi connectivity index (χ0v) is 6.49. The summed E-state index contributed by atoms with van der Waals surface area (Å²) in [6.45, 7) is 0. The summed E-state index contributed by atoms with van der Waals surface area (Å²) in [5.74, 6) is 0.351. The largest absolute Gasteiger partial charge is 0.252 e. The zero-order chi connectivity index (χ0) is 7.61. The molecule has 0 spiro atoms. The molecule has 3 nitrogen and oxygen atoms in total. The number of hydrogen-bond donors (Lipinski definition) is 1. The molecule has 56 valence electrons. The third-order valence-electron chi connectivity index (χ3n) is 1.97. The molecular formula is C6H10N2OS. The number of hydrogen-bond acceptors (Lipinski definition) is 2. The number of nitrogens with two attached hydrogens (primary N) is 1. The second-order valence-corrected chi connectivity index (χ2v) is 3.82. The van der Waals surface area contributed by atoms with Gasteiger partial charge >= 0.3 is 0 Å². The quantitative estimate of drug-likeness (QED) is 0.628. The summed E-state index contributed by atoms with van der Waals surface area (Å²) in [6, 6.07) is 2.17. The van der Waals surface area contributed by atoms with Crippen molar-refractivity contribution in [2.45, 2.75) is 19.3 Å². The van der Waals surface area contributed by atoms with E-state index in [0.717, 1.165) is 19.3 Å². The highest BCUT2D eigenvalue weighted by Gasteiger charge is 2.38. The van der Waals surface area contributed by atoms with E-state index in [1.807, 2.05) is 0 Å². The van der Waals surface area contributed by atoms with Crippen molar-refractivity contribution in [3.05, 3.63) is 0 Å². The van der Waals surface area contributed by atoms with E-state index in [1.165, 1.54) is 0 Å². The van der Waals surface area contributed by atoms with Gasteiger partial charge in [0.05, 0.1) is 28.2 Å². The predicted molar refractivity (Wildman–Crippen MR) is 39.1 cm³/mol. The zero-order valence-electron chi connectivity index (χ0n) is 5.67. The van der Waals surface area contributed by atoms with Gasteiger partial charge in [0.25, 0.3) is 0 Å². The van der Waals surface area contributed by atoms with Gasteiger partial charge in [-0.3, -0.25) is 5.14 Å². The van der Waals surface area contributed by atoms with Crippen LogP contribution in [0.4, 0.5) is 0 Å². The highest BCUT2D eigenvalue weighted by molar-refractivity contribution is 7.82. The van der Waals surface area contributed by atoms with Gasteiger partial charge in [-0.1, -0.05) is 6.42 Å². The van der Waals surface area contributed by atoms with E-state index >= 15 is 0 Å². The van der Waals surface area contributed by atoms with E-state index in [2.05, 4.69) is 6.07 Å². The van der Waals surface area contributed by atoms with Crippen LogP contribution < -0.4 is 5.14 Å². The lowest BCUT2D eigenvalue weighted by molar-refractivity contribution is 0.250. The van der Waals surface area contributed by atoms with Crippen LogP contribution in [0.2, 0.25) is 0 Å². The average molecular weight is 158 g/mol. The van der Waals surface area contributed by atoms with Crippen LogP contribution in [0.5, 0.6) is 0 Å². The van der Waals surface area contributed by atoms with E-state index in [4.69, 9.17) is 10.4 Å². The molecule has 4 heteroatoms. The molecule has 1 saturated carbocycles. The third kappa shape index (κ3) is 1.36. The molecule has 1 aliphatic rings. The molecule has 0 aromatic carbocycles. The van der Waals surface area contributed by atoms with Crippen LogP contribution in [0.1, 0.15) is 19.3 Å². The molecule has 2 N–H and O–H groups in total.